The number of nitrogens with one attached hydrogen (secondary N) is 2. The molecule has 2 aromatic carbocycles. The maximum absolute atomic E-state index is 12.1. The second-order valence-electron chi connectivity index (χ2n) is 4.11. The van der Waals surface area contributed by atoms with Crippen molar-refractivity contribution in [2.24, 2.45) is 0 Å². The van der Waals surface area contributed by atoms with E-state index in [0.29, 0.717) is 12.1 Å². The fourth-order valence-corrected chi connectivity index (χ4v) is 2.27. The van der Waals surface area contributed by atoms with E-state index in [0.717, 1.165) is 15.7 Å². The highest BCUT2D eigenvalue weighted by Crippen LogP contribution is 2.15. The van der Waals surface area contributed by atoms with Crippen LogP contribution in [0.5, 0.6) is 0 Å². The normalized spacial score (nSPS) is 10.0. The monoisotopic (exact) mass is 318 g/mol. The highest BCUT2D eigenvalue weighted by atomic mass is 79.9. The highest BCUT2D eigenvalue weighted by molar-refractivity contribution is 9.10. The zero-order valence-electron chi connectivity index (χ0n) is 10.6. The van der Waals surface area contributed by atoms with Gasteiger partial charge in [0.1, 0.15) is 0 Å². The van der Waals surface area contributed by atoms with Crippen LogP contribution in [-0.2, 0) is 6.54 Å². The third kappa shape index (κ3) is 3.58. The molecule has 2 rings (SSSR count). The van der Waals surface area contributed by atoms with Gasteiger partial charge in [0, 0.05) is 23.8 Å². The molecule has 3 nitrogen and oxygen atoms in total. The Morgan fingerprint density at radius 3 is 2.68 bits per heavy atom. The molecular weight excluding hydrogens is 304 g/mol. The van der Waals surface area contributed by atoms with Crippen LogP contribution in [0, 0.1) is 0 Å². The molecule has 0 aliphatic rings. The molecule has 0 unspecified atom stereocenters. The van der Waals surface area contributed by atoms with E-state index >= 15 is 0 Å². The quantitative estimate of drug-likeness (QED) is 0.907. The topological polar surface area (TPSA) is 41.1 Å². The zero-order chi connectivity index (χ0) is 13.7. The fraction of sp³-hybridized carbons (Fsp3) is 0.133. The third-order valence-electron chi connectivity index (χ3n) is 2.78. The maximum atomic E-state index is 12.1. The molecule has 0 bridgehead atoms. The number of hydrogen-bond acceptors (Lipinski definition) is 2. The van der Waals surface area contributed by atoms with Gasteiger partial charge in [0.15, 0.2) is 0 Å². The van der Waals surface area contributed by atoms with Crippen molar-refractivity contribution >= 4 is 27.5 Å². The van der Waals surface area contributed by atoms with Crippen LogP contribution in [0.25, 0.3) is 0 Å². The van der Waals surface area contributed by atoms with Crippen molar-refractivity contribution in [3.05, 3.63) is 64.1 Å². The minimum Gasteiger partial charge on any atom is -0.387 e. The van der Waals surface area contributed by atoms with Crippen molar-refractivity contribution in [1.29, 1.82) is 0 Å². The molecule has 0 heterocycles. The largest absolute Gasteiger partial charge is 0.387 e. The highest BCUT2D eigenvalue weighted by Gasteiger charge is 2.09. The first-order chi connectivity index (χ1) is 9.20. The second kappa shape index (κ2) is 6.38. The lowest BCUT2D eigenvalue weighted by atomic mass is 10.1. The average Bonchev–Trinajstić information content (AvgIpc) is 2.45. The lowest BCUT2D eigenvalue weighted by molar-refractivity contribution is 0.0951. The molecule has 0 fully saturated rings. The van der Waals surface area contributed by atoms with Gasteiger partial charge in [0.05, 0.1) is 5.56 Å². The first-order valence-corrected chi connectivity index (χ1v) is 6.79. The summed E-state index contributed by atoms with van der Waals surface area (Å²) in [5, 5.41) is 5.93. The van der Waals surface area contributed by atoms with Crippen molar-refractivity contribution in [2.75, 3.05) is 12.4 Å². The Labute approximate surface area is 121 Å². The molecule has 2 aromatic rings. The summed E-state index contributed by atoms with van der Waals surface area (Å²) < 4.78 is 1.01. The molecule has 1 amide bonds. The molecule has 0 radical (unpaired) electrons. The van der Waals surface area contributed by atoms with E-state index in [1.54, 1.807) is 7.05 Å². The van der Waals surface area contributed by atoms with Crippen LogP contribution in [0.4, 0.5) is 5.69 Å². The van der Waals surface area contributed by atoms with E-state index in [9.17, 15) is 4.79 Å². The summed E-state index contributed by atoms with van der Waals surface area (Å²) in [7, 11) is 1.81. The fourth-order valence-electron chi connectivity index (χ4n) is 1.82. The summed E-state index contributed by atoms with van der Waals surface area (Å²) in [5.74, 6) is -0.0788. The van der Waals surface area contributed by atoms with Crippen LogP contribution in [0.1, 0.15) is 15.9 Å². The van der Waals surface area contributed by atoms with Gasteiger partial charge in [-0.15, -0.1) is 0 Å². The van der Waals surface area contributed by atoms with Crippen molar-refractivity contribution in [2.45, 2.75) is 6.54 Å². The molecule has 19 heavy (non-hydrogen) atoms. The summed E-state index contributed by atoms with van der Waals surface area (Å²) in [6.07, 6.45) is 0. The van der Waals surface area contributed by atoms with Crippen LogP contribution >= 0.6 is 15.9 Å². The van der Waals surface area contributed by atoms with Crippen molar-refractivity contribution in [3.8, 4) is 0 Å². The molecule has 0 aliphatic carbocycles. The molecule has 0 spiro atoms. The van der Waals surface area contributed by atoms with E-state index < -0.39 is 0 Å². The number of amides is 1. The number of rotatable bonds is 4. The van der Waals surface area contributed by atoms with E-state index in [4.69, 9.17) is 0 Å². The van der Waals surface area contributed by atoms with Gasteiger partial charge in [-0.2, -0.15) is 0 Å². The minimum atomic E-state index is -0.0788. The van der Waals surface area contributed by atoms with Gasteiger partial charge in [0.2, 0.25) is 0 Å². The van der Waals surface area contributed by atoms with Crippen molar-refractivity contribution in [3.63, 3.8) is 0 Å². The molecule has 98 valence electrons. The van der Waals surface area contributed by atoms with Gasteiger partial charge >= 0.3 is 0 Å². The Morgan fingerprint density at radius 2 is 1.95 bits per heavy atom. The number of carbonyl (C=O) groups excluding carboxylic acids is 1. The van der Waals surface area contributed by atoms with Crippen LogP contribution in [0.3, 0.4) is 0 Å². The van der Waals surface area contributed by atoms with E-state index in [1.165, 1.54) is 0 Å². The van der Waals surface area contributed by atoms with Gasteiger partial charge in [-0.1, -0.05) is 40.2 Å². The molecule has 0 saturated carbocycles. The molecule has 0 atom stereocenters. The predicted octanol–water partition coefficient (Wildman–Crippen LogP) is 3.42. The van der Waals surface area contributed by atoms with Crippen LogP contribution in [-0.4, -0.2) is 13.0 Å². The van der Waals surface area contributed by atoms with Crippen LogP contribution in [0.15, 0.2) is 53.0 Å². The minimum absolute atomic E-state index is 0.0788. The van der Waals surface area contributed by atoms with Gasteiger partial charge in [-0.25, -0.2) is 0 Å². The maximum Gasteiger partial charge on any atom is 0.253 e. The van der Waals surface area contributed by atoms with Crippen molar-refractivity contribution < 1.29 is 4.79 Å². The Hall–Kier alpha value is -1.81. The summed E-state index contributed by atoms with van der Waals surface area (Å²) in [6.45, 7) is 0.510. The smallest absolute Gasteiger partial charge is 0.253 e. The Bertz CT molecular complexity index is 584. The molecule has 2 N–H and O–H groups in total. The van der Waals surface area contributed by atoms with E-state index in [2.05, 4.69) is 26.6 Å². The first kappa shape index (κ1) is 13.6. The molecule has 4 heteroatoms. The van der Waals surface area contributed by atoms with Gasteiger partial charge in [0.25, 0.3) is 5.91 Å². The summed E-state index contributed by atoms with van der Waals surface area (Å²) in [5.41, 5.74) is 2.54. The number of carbonyl (C=O) groups is 1. The van der Waals surface area contributed by atoms with Crippen LogP contribution < -0.4 is 10.6 Å². The Kier molecular flexibility index (Phi) is 4.58. The van der Waals surface area contributed by atoms with Gasteiger partial charge in [-0.05, 0) is 29.8 Å². The third-order valence-corrected chi connectivity index (χ3v) is 3.28. The molecule has 0 aromatic heterocycles. The summed E-state index contributed by atoms with van der Waals surface area (Å²) in [4.78, 5) is 12.1. The lowest BCUT2D eigenvalue weighted by Crippen LogP contribution is -2.23. The Balaban J connectivity index is 2.05. The van der Waals surface area contributed by atoms with Gasteiger partial charge < -0.3 is 10.6 Å². The summed E-state index contributed by atoms with van der Waals surface area (Å²) >= 11 is 3.41. The standard InChI is InChI=1S/C15H15BrN2O/c1-17-14-8-3-2-7-13(14)15(19)18-10-11-5-4-6-12(16)9-11/h2-9,17H,10H2,1H3,(H,18,19). The average molecular weight is 319 g/mol. The summed E-state index contributed by atoms with van der Waals surface area (Å²) in [6, 6.07) is 15.3. The van der Waals surface area contributed by atoms with E-state index in [-0.39, 0.29) is 5.91 Å². The van der Waals surface area contributed by atoms with Crippen LogP contribution in [0.2, 0.25) is 0 Å². The number of para-hydroxylation sites is 1. The van der Waals surface area contributed by atoms with Crippen molar-refractivity contribution in [1.82, 2.24) is 5.32 Å². The molecule has 0 saturated heterocycles. The molecular formula is C15H15BrN2O. The van der Waals surface area contributed by atoms with E-state index in [1.807, 2.05) is 48.5 Å². The molecule has 0 aliphatic heterocycles. The number of hydrogen-bond donors (Lipinski definition) is 2. The number of anilines is 1. The predicted molar refractivity (Wildman–Crippen MR) is 81.3 cm³/mol. The Morgan fingerprint density at radius 1 is 1.16 bits per heavy atom. The number of halogens is 1. The second-order valence-corrected chi connectivity index (χ2v) is 5.02. The SMILES string of the molecule is CNc1ccccc1C(=O)NCc1cccc(Br)c1. The number of benzene rings is 2. The first-order valence-electron chi connectivity index (χ1n) is 6.00. The lowest BCUT2D eigenvalue weighted by Gasteiger charge is -2.09. The van der Waals surface area contributed by atoms with Gasteiger partial charge in [-0.3, -0.25) is 4.79 Å². The zero-order valence-corrected chi connectivity index (χ0v) is 12.2.